The van der Waals surface area contributed by atoms with Crippen LogP contribution < -0.4 is 5.32 Å². The van der Waals surface area contributed by atoms with Crippen molar-refractivity contribution in [3.63, 3.8) is 0 Å². The summed E-state index contributed by atoms with van der Waals surface area (Å²) in [7, 11) is 0. The Morgan fingerprint density at radius 3 is 2.72 bits per heavy atom. The largest absolute Gasteiger partial charge is 0.508 e. The van der Waals surface area contributed by atoms with Gasteiger partial charge in [-0.25, -0.2) is 4.39 Å². The summed E-state index contributed by atoms with van der Waals surface area (Å²) in [4.78, 5) is 1.91. The number of anilines is 1. The van der Waals surface area contributed by atoms with Gasteiger partial charge < -0.3 is 20.1 Å². The van der Waals surface area contributed by atoms with Gasteiger partial charge in [0, 0.05) is 25.3 Å². The zero-order valence-corrected chi connectivity index (χ0v) is 14.6. The molecule has 25 heavy (non-hydrogen) atoms. The number of phenols is 1. The minimum atomic E-state index is -0.357. The van der Waals surface area contributed by atoms with Crippen LogP contribution in [0.5, 0.6) is 5.75 Å². The molecular formula is C19H21FN2O2S. The van der Waals surface area contributed by atoms with Crippen LogP contribution in [-0.2, 0) is 11.3 Å². The van der Waals surface area contributed by atoms with Crippen molar-refractivity contribution in [2.24, 2.45) is 0 Å². The van der Waals surface area contributed by atoms with Crippen molar-refractivity contribution in [3.05, 3.63) is 59.9 Å². The summed E-state index contributed by atoms with van der Waals surface area (Å²) in [5.41, 5.74) is 1.10. The van der Waals surface area contributed by atoms with E-state index < -0.39 is 0 Å². The lowest BCUT2D eigenvalue weighted by atomic mass is 10.1. The van der Waals surface area contributed by atoms with Crippen LogP contribution in [0.3, 0.4) is 0 Å². The van der Waals surface area contributed by atoms with Gasteiger partial charge in [-0.15, -0.1) is 0 Å². The van der Waals surface area contributed by atoms with E-state index in [0.717, 1.165) is 25.0 Å². The molecule has 2 N–H and O–H groups in total. The number of benzene rings is 2. The molecule has 132 valence electrons. The molecule has 2 aromatic carbocycles. The van der Waals surface area contributed by atoms with Gasteiger partial charge in [-0.05, 0) is 43.3 Å². The zero-order valence-electron chi connectivity index (χ0n) is 13.8. The highest BCUT2D eigenvalue weighted by molar-refractivity contribution is 7.80. The lowest BCUT2D eigenvalue weighted by Gasteiger charge is -2.28. The molecule has 1 aliphatic heterocycles. The van der Waals surface area contributed by atoms with Crippen molar-refractivity contribution in [2.45, 2.75) is 25.5 Å². The van der Waals surface area contributed by atoms with E-state index in [-0.39, 0.29) is 17.7 Å². The Kier molecular flexibility index (Phi) is 5.83. The van der Waals surface area contributed by atoms with E-state index in [1.165, 1.54) is 6.07 Å². The Labute approximate surface area is 152 Å². The summed E-state index contributed by atoms with van der Waals surface area (Å²) >= 11 is 5.51. The maximum absolute atomic E-state index is 13.9. The number of nitrogens with zero attached hydrogens (tertiary/aromatic N) is 1. The number of hydrogen-bond acceptors (Lipinski definition) is 3. The molecule has 1 fully saturated rings. The first-order valence-electron chi connectivity index (χ1n) is 8.32. The first-order valence-corrected chi connectivity index (χ1v) is 8.73. The van der Waals surface area contributed by atoms with Crippen LogP contribution in [0.25, 0.3) is 0 Å². The van der Waals surface area contributed by atoms with Crippen LogP contribution in [0.15, 0.2) is 48.5 Å². The SMILES string of the molecule is Oc1ccccc1CN(C[C@H]1CCCO1)C(=S)Nc1ccccc1F. The number of nitrogens with one attached hydrogen (secondary N) is 1. The molecule has 1 heterocycles. The Morgan fingerprint density at radius 1 is 1.24 bits per heavy atom. The molecule has 0 bridgehead atoms. The fraction of sp³-hybridized carbons (Fsp3) is 0.316. The molecule has 4 nitrogen and oxygen atoms in total. The number of halogens is 1. The van der Waals surface area contributed by atoms with Gasteiger partial charge in [0.15, 0.2) is 5.11 Å². The minimum Gasteiger partial charge on any atom is -0.508 e. The van der Waals surface area contributed by atoms with Crippen LogP contribution in [-0.4, -0.2) is 34.4 Å². The number of aromatic hydroxyl groups is 1. The maximum Gasteiger partial charge on any atom is 0.173 e. The number of rotatable bonds is 5. The fourth-order valence-corrected chi connectivity index (χ4v) is 3.11. The second kappa shape index (κ2) is 8.27. The molecule has 3 rings (SSSR count). The summed E-state index contributed by atoms with van der Waals surface area (Å²) in [6.07, 6.45) is 2.09. The standard InChI is InChI=1S/C19H21FN2O2S/c20-16-8-2-3-9-17(16)21-19(25)22(13-15-7-5-11-24-15)12-14-6-1-4-10-18(14)23/h1-4,6,8-10,15,23H,5,7,11-13H2,(H,21,25)/t15-/m1/s1. The third-order valence-corrected chi connectivity index (χ3v) is 4.56. The van der Waals surface area contributed by atoms with Crippen LogP contribution in [0.4, 0.5) is 10.1 Å². The van der Waals surface area contributed by atoms with Gasteiger partial charge in [0.1, 0.15) is 11.6 Å². The van der Waals surface area contributed by atoms with Gasteiger partial charge in [0.25, 0.3) is 0 Å². The highest BCUT2D eigenvalue weighted by atomic mass is 32.1. The number of para-hydroxylation sites is 2. The maximum atomic E-state index is 13.9. The molecule has 0 amide bonds. The second-order valence-corrected chi connectivity index (χ2v) is 6.44. The normalized spacial score (nSPS) is 16.6. The third-order valence-electron chi connectivity index (χ3n) is 4.20. The highest BCUT2D eigenvalue weighted by Gasteiger charge is 2.22. The first-order chi connectivity index (χ1) is 12.1. The van der Waals surface area contributed by atoms with Gasteiger partial charge in [-0.3, -0.25) is 0 Å². The van der Waals surface area contributed by atoms with Gasteiger partial charge in [0.2, 0.25) is 0 Å². The summed E-state index contributed by atoms with van der Waals surface area (Å²) in [5.74, 6) is -0.141. The highest BCUT2D eigenvalue weighted by Crippen LogP contribution is 2.21. The summed E-state index contributed by atoms with van der Waals surface area (Å²) in [6.45, 7) is 1.77. The molecule has 1 saturated heterocycles. The van der Waals surface area contributed by atoms with Crippen molar-refractivity contribution < 1.29 is 14.2 Å². The number of phenolic OH excluding ortho intramolecular Hbond substituents is 1. The molecule has 0 unspecified atom stereocenters. The molecule has 0 aliphatic carbocycles. The summed E-state index contributed by atoms with van der Waals surface area (Å²) in [5, 5.41) is 13.4. The smallest absolute Gasteiger partial charge is 0.173 e. The molecule has 0 spiro atoms. The van der Waals surface area contributed by atoms with Crippen LogP contribution in [0.1, 0.15) is 18.4 Å². The van der Waals surface area contributed by atoms with Crippen molar-refractivity contribution in [1.82, 2.24) is 4.90 Å². The van der Waals surface area contributed by atoms with E-state index in [9.17, 15) is 9.50 Å². The monoisotopic (exact) mass is 360 g/mol. The van der Waals surface area contributed by atoms with E-state index in [1.54, 1.807) is 30.3 Å². The molecular weight excluding hydrogens is 339 g/mol. The Bertz CT molecular complexity index is 735. The predicted octanol–water partition coefficient (Wildman–Crippen LogP) is 3.91. The third kappa shape index (κ3) is 4.67. The molecule has 0 aromatic heterocycles. The fourth-order valence-electron chi connectivity index (χ4n) is 2.86. The van der Waals surface area contributed by atoms with E-state index in [0.29, 0.717) is 23.9 Å². The molecule has 0 radical (unpaired) electrons. The van der Waals surface area contributed by atoms with Gasteiger partial charge in [0.05, 0.1) is 11.8 Å². The van der Waals surface area contributed by atoms with E-state index in [4.69, 9.17) is 17.0 Å². The predicted molar refractivity (Wildman–Crippen MR) is 100 cm³/mol. The molecule has 6 heteroatoms. The van der Waals surface area contributed by atoms with Crippen molar-refractivity contribution >= 4 is 23.0 Å². The Balaban J connectivity index is 1.76. The minimum absolute atomic E-state index is 0.0891. The van der Waals surface area contributed by atoms with Crippen molar-refractivity contribution in [2.75, 3.05) is 18.5 Å². The number of ether oxygens (including phenoxy) is 1. The average Bonchev–Trinajstić information content (AvgIpc) is 3.11. The van der Waals surface area contributed by atoms with E-state index in [1.807, 2.05) is 17.0 Å². The van der Waals surface area contributed by atoms with Gasteiger partial charge in [-0.2, -0.15) is 0 Å². The summed E-state index contributed by atoms with van der Waals surface area (Å²) < 4.78 is 19.6. The van der Waals surface area contributed by atoms with Crippen LogP contribution >= 0.6 is 12.2 Å². The first kappa shape index (κ1) is 17.6. The van der Waals surface area contributed by atoms with Crippen LogP contribution in [0, 0.1) is 5.82 Å². The van der Waals surface area contributed by atoms with Crippen LogP contribution in [0.2, 0.25) is 0 Å². The lowest BCUT2D eigenvalue weighted by Crippen LogP contribution is -2.39. The van der Waals surface area contributed by atoms with Crippen molar-refractivity contribution in [3.8, 4) is 5.75 Å². The topological polar surface area (TPSA) is 44.7 Å². The molecule has 1 atom stereocenters. The Morgan fingerprint density at radius 2 is 2.00 bits per heavy atom. The molecule has 1 aliphatic rings. The van der Waals surface area contributed by atoms with Gasteiger partial charge in [-0.1, -0.05) is 30.3 Å². The Hall–Kier alpha value is -2.18. The number of thiocarbonyl (C=S) groups is 1. The van der Waals surface area contributed by atoms with Gasteiger partial charge >= 0.3 is 0 Å². The average molecular weight is 360 g/mol. The summed E-state index contributed by atoms with van der Waals surface area (Å²) in [6, 6.07) is 13.6. The molecule has 0 saturated carbocycles. The lowest BCUT2D eigenvalue weighted by molar-refractivity contribution is 0.0903. The molecule has 2 aromatic rings. The van der Waals surface area contributed by atoms with E-state index in [2.05, 4.69) is 5.32 Å². The zero-order chi connectivity index (χ0) is 17.6. The second-order valence-electron chi connectivity index (χ2n) is 6.05. The number of hydrogen-bond donors (Lipinski definition) is 2. The van der Waals surface area contributed by atoms with E-state index >= 15 is 0 Å². The quantitative estimate of drug-likeness (QED) is 0.792. The van der Waals surface area contributed by atoms with Crippen molar-refractivity contribution in [1.29, 1.82) is 0 Å².